The summed E-state index contributed by atoms with van der Waals surface area (Å²) in [6, 6.07) is 5.42. The highest BCUT2D eigenvalue weighted by Gasteiger charge is 2.26. The van der Waals surface area contributed by atoms with Gasteiger partial charge in [-0.3, -0.25) is 14.2 Å². The summed E-state index contributed by atoms with van der Waals surface area (Å²) in [5, 5.41) is 0. The van der Waals surface area contributed by atoms with Crippen LogP contribution >= 0.6 is 0 Å². The number of benzene rings is 1. The molecule has 0 aliphatic heterocycles. The van der Waals surface area contributed by atoms with Gasteiger partial charge in [0.15, 0.2) is 0 Å². The fourth-order valence-electron chi connectivity index (χ4n) is 3.45. The van der Waals surface area contributed by atoms with E-state index in [1.54, 1.807) is 17.7 Å². The quantitative estimate of drug-likeness (QED) is 0.624. The van der Waals surface area contributed by atoms with Crippen molar-refractivity contribution in [3.63, 3.8) is 0 Å². The largest absolute Gasteiger partial charge is 0.497 e. The Morgan fingerprint density at radius 2 is 1.87 bits per heavy atom. The Balaban J connectivity index is 2.57. The number of aromatic nitrogens is 2. The Morgan fingerprint density at radius 1 is 1.23 bits per heavy atom. The van der Waals surface area contributed by atoms with Crippen LogP contribution in [0.3, 0.4) is 0 Å². The minimum atomic E-state index is -0.442. The molecule has 6 nitrogen and oxygen atoms in total. The lowest BCUT2D eigenvalue weighted by molar-refractivity contribution is -0.133. The second kappa shape index (κ2) is 9.41. The van der Waals surface area contributed by atoms with Crippen molar-refractivity contribution in [1.82, 2.24) is 14.5 Å². The third-order valence-corrected chi connectivity index (χ3v) is 5.11. The van der Waals surface area contributed by atoms with Crippen LogP contribution in [0.25, 0.3) is 11.0 Å². The number of carbonyl (C=O) groups is 1. The van der Waals surface area contributed by atoms with Crippen molar-refractivity contribution in [2.75, 3.05) is 20.2 Å². The molecular weight excluding hydrogens is 390 g/mol. The predicted molar refractivity (Wildman–Crippen MR) is 126 cm³/mol. The molecule has 1 radical (unpaired) electrons. The zero-order valence-corrected chi connectivity index (χ0v) is 20.4. The van der Waals surface area contributed by atoms with E-state index in [0.717, 1.165) is 6.42 Å². The molecule has 31 heavy (non-hydrogen) atoms. The molecule has 0 aliphatic carbocycles. The van der Waals surface area contributed by atoms with Crippen molar-refractivity contribution in [2.24, 2.45) is 11.3 Å². The van der Waals surface area contributed by atoms with Crippen molar-refractivity contribution in [2.45, 2.75) is 66.8 Å². The van der Waals surface area contributed by atoms with Crippen molar-refractivity contribution in [3.8, 4) is 5.75 Å². The van der Waals surface area contributed by atoms with E-state index in [1.165, 1.54) is 0 Å². The monoisotopic (exact) mass is 428 g/mol. The number of carbonyl (C=O) groups excluding carboxylic acids is 1. The maximum atomic E-state index is 13.4. The Bertz CT molecular complexity index is 978. The molecule has 0 saturated heterocycles. The average Bonchev–Trinajstić information content (AvgIpc) is 2.64. The molecule has 1 heterocycles. The van der Waals surface area contributed by atoms with Crippen LogP contribution in [-0.2, 0) is 16.8 Å². The highest BCUT2D eigenvalue weighted by molar-refractivity contribution is 5.81. The van der Waals surface area contributed by atoms with Crippen LogP contribution < -0.4 is 10.3 Å². The molecule has 1 amide bonds. The summed E-state index contributed by atoms with van der Waals surface area (Å²) in [5.74, 6) is 1.01. The molecule has 0 saturated carbocycles. The maximum Gasteiger partial charge on any atom is 0.273 e. The predicted octanol–water partition coefficient (Wildman–Crippen LogP) is 4.44. The molecule has 0 fully saturated rings. The summed E-state index contributed by atoms with van der Waals surface area (Å²) in [5.41, 5.74) is 0.761. The lowest BCUT2D eigenvalue weighted by atomic mass is 9.92. The van der Waals surface area contributed by atoms with E-state index in [-0.39, 0.29) is 23.4 Å². The molecule has 2 aromatic rings. The number of fused-ring (bicyclic) bond motifs is 1. The molecule has 0 aliphatic rings. The fourth-order valence-corrected chi connectivity index (χ4v) is 3.45. The van der Waals surface area contributed by atoms with Gasteiger partial charge >= 0.3 is 0 Å². The van der Waals surface area contributed by atoms with Crippen LogP contribution in [0, 0.1) is 18.3 Å². The van der Waals surface area contributed by atoms with Crippen molar-refractivity contribution < 1.29 is 9.53 Å². The first-order chi connectivity index (χ1) is 14.2. The second-order valence-corrected chi connectivity index (χ2v) is 10.6. The number of amides is 1. The molecule has 0 bridgehead atoms. The highest BCUT2D eigenvalue weighted by Crippen LogP contribution is 2.23. The number of hydrogen-bond donors (Lipinski definition) is 0. The van der Waals surface area contributed by atoms with Gasteiger partial charge in [0.2, 0.25) is 5.91 Å². The van der Waals surface area contributed by atoms with Crippen LogP contribution in [0.4, 0.5) is 0 Å². The minimum Gasteiger partial charge on any atom is -0.497 e. The van der Waals surface area contributed by atoms with Crippen molar-refractivity contribution >= 4 is 16.9 Å². The molecule has 0 atom stereocenters. The maximum absolute atomic E-state index is 13.4. The molecule has 0 unspecified atom stereocenters. The average molecular weight is 429 g/mol. The van der Waals surface area contributed by atoms with Crippen LogP contribution in [-0.4, -0.2) is 40.6 Å². The molecule has 1 aromatic heterocycles. The molecule has 0 spiro atoms. The van der Waals surface area contributed by atoms with Gasteiger partial charge < -0.3 is 9.64 Å². The first-order valence-electron chi connectivity index (χ1n) is 10.9. The van der Waals surface area contributed by atoms with Gasteiger partial charge in [-0.05, 0) is 36.8 Å². The van der Waals surface area contributed by atoms with Crippen LogP contribution in [0.15, 0.2) is 23.0 Å². The first-order valence-corrected chi connectivity index (χ1v) is 10.9. The Kier molecular flexibility index (Phi) is 7.56. The van der Waals surface area contributed by atoms with Crippen LogP contribution in [0.2, 0.25) is 0 Å². The van der Waals surface area contributed by atoms with Gasteiger partial charge in [0.1, 0.15) is 18.0 Å². The van der Waals surface area contributed by atoms with E-state index in [9.17, 15) is 9.59 Å². The van der Waals surface area contributed by atoms with Gasteiger partial charge in [0, 0.05) is 24.6 Å². The summed E-state index contributed by atoms with van der Waals surface area (Å²) >= 11 is 0. The standard InChI is InChI=1S/C25H38N3O3/c1-17(2)12-13-27(16-24(3,4)5)21(29)15-28-20-14-18(31-9)10-11-19(20)26-22(23(28)30)25(6,7)8/h10-11,14,17H,3,12-13,15-16H2,1-2,4-9H3. The molecule has 1 aromatic carbocycles. The summed E-state index contributed by atoms with van der Waals surface area (Å²) < 4.78 is 6.90. The summed E-state index contributed by atoms with van der Waals surface area (Å²) in [6.45, 7) is 19.5. The molecule has 0 N–H and O–H groups in total. The number of methoxy groups -OCH3 is 1. The minimum absolute atomic E-state index is 0.0394. The van der Waals surface area contributed by atoms with E-state index in [1.807, 2.05) is 51.7 Å². The first kappa shape index (κ1) is 24.9. The number of rotatable bonds is 8. The SMILES string of the molecule is [CH2]C(C)(C)CN(CCC(C)C)C(=O)Cn1c(=O)c(C(C)(C)C)nc2ccc(OC)cc21. The second-order valence-electron chi connectivity index (χ2n) is 10.6. The highest BCUT2D eigenvalue weighted by atomic mass is 16.5. The lowest BCUT2D eigenvalue weighted by Gasteiger charge is -2.31. The summed E-state index contributed by atoms with van der Waals surface area (Å²) in [4.78, 5) is 33.3. The molecule has 2 rings (SSSR count). The number of nitrogens with zero attached hydrogens (tertiary/aromatic N) is 3. The molecule has 6 heteroatoms. The smallest absolute Gasteiger partial charge is 0.273 e. The van der Waals surface area contributed by atoms with Gasteiger partial charge in [-0.1, -0.05) is 48.5 Å². The van der Waals surface area contributed by atoms with E-state index < -0.39 is 5.41 Å². The van der Waals surface area contributed by atoms with Gasteiger partial charge in [0.25, 0.3) is 5.56 Å². The van der Waals surface area contributed by atoms with Gasteiger partial charge in [-0.2, -0.15) is 0 Å². The zero-order valence-electron chi connectivity index (χ0n) is 20.4. The van der Waals surface area contributed by atoms with Crippen LogP contribution in [0.5, 0.6) is 5.75 Å². The lowest BCUT2D eigenvalue weighted by Crippen LogP contribution is -2.43. The summed E-state index contributed by atoms with van der Waals surface area (Å²) in [7, 11) is 1.58. The Hall–Kier alpha value is -2.37. The van der Waals surface area contributed by atoms with E-state index in [0.29, 0.717) is 41.5 Å². The van der Waals surface area contributed by atoms with Gasteiger partial charge in [-0.25, -0.2) is 4.98 Å². The topological polar surface area (TPSA) is 64.4 Å². The van der Waals surface area contributed by atoms with Crippen LogP contribution in [0.1, 0.15) is 60.6 Å². The number of hydrogen-bond acceptors (Lipinski definition) is 4. The van der Waals surface area contributed by atoms with Gasteiger partial charge in [-0.15, -0.1) is 0 Å². The van der Waals surface area contributed by atoms with E-state index >= 15 is 0 Å². The molecule has 171 valence electrons. The normalized spacial score (nSPS) is 12.5. The van der Waals surface area contributed by atoms with E-state index in [4.69, 9.17) is 4.74 Å². The van der Waals surface area contributed by atoms with Gasteiger partial charge in [0.05, 0.1) is 18.1 Å². The zero-order chi connectivity index (χ0) is 23.6. The van der Waals surface area contributed by atoms with Crippen molar-refractivity contribution in [1.29, 1.82) is 0 Å². The van der Waals surface area contributed by atoms with E-state index in [2.05, 4.69) is 25.8 Å². The third-order valence-electron chi connectivity index (χ3n) is 5.11. The summed E-state index contributed by atoms with van der Waals surface area (Å²) in [6.07, 6.45) is 0.898. The fraction of sp³-hybridized carbons (Fsp3) is 0.600. The third kappa shape index (κ3) is 6.55. The number of ether oxygens (including phenoxy) is 1. The Labute approximate surface area is 186 Å². The Morgan fingerprint density at radius 3 is 2.39 bits per heavy atom. The molecular formula is C25H38N3O3. The van der Waals surface area contributed by atoms with Crippen molar-refractivity contribution in [3.05, 3.63) is 41.2 Å².